The summed E-state index contributed by atoms with van der Waals surface area (Å²) in [6.07, 6.45) is 4.15. The number of hydrogen-bond donors (Lipinski definition) is 1. The lowest BCUT2D eigenvalue weighted by Gasteiger charge is -2.38. The highest BCUT2D eigenvalue weighted by atomic mass is 32.1. The van der Waals surface area contributed by atoms with Crippen LogP contribution in [0.25, 0.3) is 0 Å². The van der Waals surface area contributed by atoms with E-state index < -0.39 is 0 Å². The third-order valence-corrected chi connectivity index (χ3v) is 4.68. The molecular formula is C11H17N3OS. The lowest BCUT2D eigenvalue weighted by Crippen LogP contribution is -2.48. The van der Waals surface area contributed by atoms with Crippen LogP contribution in [-0.4, -0.2) is 29.7 Å². The third-order valence-electron chi connectivity index (χ3n) is 3.68. The molecule has 2 heterocycles. The van der Waals surface area contributed by atoms with Crippen molar-refractivity contribution < 1.29 is 4.74 Å². The monoisotopic (exact) mass is 239 g/mol. The second-order valence-electron chi connectivity index (χ2n) is 4.60. The second kappa shape index (κ2) is 3.89. The first-order valence-electron chi connectivity index (χ1n) is 5.87. The topological polar surface area (TPSA) is 51.4 Å². The Balaban J connectivity index is 1.90. The van der Waals surface area contributed by atoms with Crippen molar-refractivity contribution in [3.63, 3.8) is 0 Å². The smallest absolute Gasteiger partial charge is 0.142 e. The van der Waals surface area contributed by atoms with Gasteiger partial charge in [0.25, 0.3) is 0 Å². The van der Waals surface area contributed by atoms with E-state index in [-0.39, 0.29) is 0 Å². The zero-order valence-corrected chi connectivity index (χ0v) is 10.3. The van der Waals surface area contributed by atoms with E-state index in [1.165, 1.54) is 35.8 Å². The summed E-state index contributed by atoms with van der Waals surface area (Å²) in [6, 6.07) is 0.548. The maximum atomic E-state index is 5.83. The lowest BCUT2D eigenvalue weighted by atomic mass is 10.1. The van der Waals surface area contributed by atoms with Crippen molar-refractivity contribution in [2.24, 2.45) is 0 Å². The standard InChI is InChI=1S/C11H17N3OS/c1-7-10(12)13-16-11(7)14-5-6-15-9-4-2-3-8(9)14/h8-9H,2-6H2,1H3,(H2,12,13). The van der Waals surface area contributed by atoms with Crippen LogP contribution in [0.2, 0.25) is 0 Å². The minimum atomic E-state index is 0.427. The summed E-state index contributed by atoms with van der Waals surface area (Å²) in [4.78, 5) is 2.46. The molecule has 1 aromatic rings. The summed E-state index contributed by atoms with van der Waals surface area (Å²) in [5.74, 6) is 0.682. The average Bonchev–Trinajstić information content (AvgIpc) is 2.87. The molecule has 2 unspecified atom stereocenters. The lowest BCUT2D eigenvalue weighted by molar-refractivity contribution is 0.0259. The molecule has 0 bridgehead atoms. The van der Waals surface area contributed by atoms with Gasteiger partial charge in [-0.2, -0.15) is 4.37 Å². The zero-order valence-electron chi connectivity index (χ0n) is 9.48. The molecule has 0 amide bonds. The van der Waals surface area contributed by atoms with Gasteiger partial charge in [-0.1, -0.05) is 0 Å². The summed E-state index contributed by atoms with van der Waals surface area (Å²) in [7, 11) is 0. The molecule has 5 heteroatoms. The van der Waals surface area contributed by atoms with Crippen LogP contribution in [0, 0.1) is 6.92 Å². The summed E-state index contributed by atoms with van der Waals surface area (Å²) >= 11 is 1.53. The first-order valence-corrected chi connectivity index (χ1v) is 6.64. The van der Waals surface area contributed by atoms with Crippen LogP contribution in [0.4, 0.5) is 10.8 Å². The molecule has 16 heavy (non-hydrogen) atoms. The number of aromatic nitrogens is 1. The number of nitrogens with two attached hydrogens (primary N) is 1. The predicted molar refractivity (Wildman–Crippen MR) is 66.0 cm³/mol. The van der Waals surface area contributed by atoms with Crippen molar-refractivity contribution in [1.82, 2.24) is 4.37 Å². The van der Waals surface area contributed by atoms with E-state index in [0.29, 0.717) is 18.0 Å². The highest BCUT2D eigenvalue weighted by Crippen LogP contribution is 2.37. The molecule has 1 aliphatic carbocycles. The molecule has 88 valence electrons. The molecule has 2 fully saturated rings. The quantitative estimate of drug-likeness (QED) is 0.812. The molecule has 2 aliphatic rings. The van der Waals surface area contributed by atoms with Crippen molar-refractivity contribution in [2.75, 3.05) is 23.8 Å². The molecule has 0 aromatic carbocycles. The molecule has 1 aromatic heterocycles. The van der Waals surface area contributed by atoms with Crippen molar-refractivity contribution in [3.05, 3.63) is 5.56 Å². The number of ether oxygens (including phenoxy) is 1. The van der Waals surface area contributed by atoms with Gasteiger partial charge in [0, 0.05) is 12.1 Å². The number of hydrogen-bond acceptors (Lipinski definition) is 5. The maximum Gasteiger partial charge on any atom is 0.142 e. The van der Waals surface area contributed by atoms with Crippen LogP contribution in [0.15, 0.2) is 0 Å². The Bertz CT molecular complexity index is 393. The van der Waals surface area contributed by atoms with Crippen LogP contribution in [0.5, 0.6) is 0 Å². The summed E-state index contributed by atoms with van der Waals surface area (Å²) < 4.78 is 10.1. The zero-order chi connectivity index (χ0) is 11.1. The fourth-order valence-electron chi connectivity index (χ4n) is 2.78. The Morgan fingerprint density at radius 1 is 1.50 bits per heavy atom. The summed E-state index contributed by atoms with van der Waals surface area (Å²) in [6.45, 7) is 3.87. The van der Waals surface area contributed by atoms with Gasteiger partial charge in [-0.25, -0.2) is 0 Å². The normalized spacial score (nSPS) is 29.4. The molecule has 2 atom stereocenters. The summed E-state index contributed by atoms with van der Waals surface area (Å²) in [5, 5.41) is 1.25. The SMILES string of the molecule is Cc1c(N)nsc1N1CCOC2CCCC21. The van der Waals surface area contributed by atoms with E-state index in [4.69, 9.17) is 10.5 Å². The Kier molecular flexibility index (Phi) is 2.52. The van der Waals surface area contributed by atoms with Crippen molar-refractivity contribution in [1.29, 1.82) is 0 Å². The van der Waals surface area contributed by atoms with Crippen LogP contribution in [-0.2, 0) is 4.74 Å². The fourth-order valence-corrected chi connectivity index (χ4v) is 3.68. The van der Waals surface area contributed by atoms with Crippen LogP contribution < -0.4 is 10.6 Å². The van der Waals surface area contributed by atoms with Gasteiger partial charge in [-0.05, 0) is 37.7 Å². The Labute approximate surface area is 99.6 Å². The van der Waals surface area contributed by atoms with Crippen LogP contribution >= 0.6 is 11.5 Å². The van der Waals surface area contributed by atoms with Gasteiger partial charge in [0.1, 0.15) is 10.8 Å². The molecule has 0 spiro atoms. The molecule has 3 rings (SSSR count). The highest BCUT2D eigenvalue weighted by molar-refractivity contribution is 7.10. The minimum absolute atomic E-state index is 0.427. The van der Waals surface area contributed by atoms with Crippen molar-refractivity contribution in [3.8, 4) is 0 Å². The number of anilines is 2. The van der Waals surface area contributed by atoms with Gasteiger partial charge in [-0.3, -0.25) is 0 Å². The largest absolute Gasteiger partial charge is 0.383 e. The Morgan fingerprint density at radius 3 is 3.12 bits per heavy atom. The maximum absolute atomic E-state index is 5.83. The molecule has 2 N–H and O–H groups in total. The van der Waals surface area contributed by atoms with Gasteiger partial charge in [0.15, 0.2) is 0 Å². The van der Waals surface area contributed by atoms with E-state index in [0.717, 1.165) is 18.7 Å². The Hall–Kier alpha value is -0.810. The Morgan fingerprint density at radius 2 is 2.38 bits per heavy atom. The molecular weight excluding hydrogens is 222 g/mol. The molecule has 1 aliphatic heterocycles. The molecule has 4 nitrogen and oxygen atoms in total. The van der Waals surface area contributed by atoms with Gasteiger partial charge in [0.05, 0.1) is 18.8 Å². The van der Waals surface area contributed by atoms with E-state index in [1.807, 2.05) is 0 Å². The van der Waals surface area contributed by atoms with E-state index in [2.05, 4.69) is 16.2 Å². The van der Waals surface area contributed by atoms with E-state index in [1.54, 1.807) is 0 Å². The van der Waals surface area contributed by atoms with E-state index in [9.17, 15) is 0 Å². The number of nitrogen functional groups attached to an aromatic ring is 1. The fraction of sp³-hybridized carbons (Fsp3) is 0.727. The number of morpholine rings is 1. The van der Waals surface area contributed by atoms with Gasteiger partial charge >= 0.3 is 0 Å². The van der Waals surface area contributed by atoms with Gasteiger partial charge in [-0.15, -0.1) is 0 Å². The average molecular weight is 239 g/mol. The second-order valence-corrected chi connectivity index (χ2v) is 5.35. The van der Waals surface area contributed by atoms with Gasteiger partial charge < -0.3 is 15.4 Å². The number of rotatable bonds is 1. The first kappa shape index (κ1) is 10.4. The first-order chi connectivity index (χ1) is 7.77. The molecule has 0 radical (unpaired) electrons. The van der Waals surface area contributed by atoms with Crippen LogP contribution in [0.1, 0.15) is 24.8 Å². The number of fused-ring (bicyclic) bond motifs is 1. The molecule has 1 saturated carbocycles. The number of nitrogens with zero attached hydrogens (tertiary/aromatic N) is 2. The molecule has 1 saturated heterocycles. The van der Waals surface area contributed by atoms with Crippen molar-refractivity contribution in [2.45, 2.75) is 38.3 Å². The van der Waals surface area contributed by atoms with Crippen LogP contribution in [0.3, 0.4) is 0 Å². The predicted octanol–water partition coefficient (Wildman–Crippen LogP) is 1.79. The summed E-state index contributed by atoms with van der Waals surface area (Å²) in [5.41, 5.74) is 6.96. The minimum Gasteiger partial charge on any atom is -0.383 e. The van der Waals surface area contributed by atoms with E-state index >= 15 is 0 Å². The van der Waals surface area contributed by atoms with Gasteiger partial charge in [0.2, 0.25) is 0 Å². The highest BCUT2D eigenvalue weighted by Gasteiger charge is 2.37. The third kappa shape index (κ3) is 1.50. The van der Waals surface area contributed by atoms with Crippen molar-refractivity contribution >= 4 is 22.4 Å².